The minimum Gasteiger partial charge on any atom is -0.385 e. The molecule has 1 nitrogen and oxygen atoms in total. The molecule has 16 heavy (non-hydrogen) atoms. The van der Waals surface area contributed by atoms with E-state index in [-0.39, 0.29) is 0 Å². The van der Waals surface area contributed by atoms with Gasteiger partial charge in [-0.2, -0.15) is 11.3 Å². The predicted octanol–water partition coefficient (Wildman–Crippen LogP) is 3.85. The Balaban J connectivity index is 2.24. The molecular formula is C13H13ClOS. The van der Waals surface area contributed by atoms with Crippen LogP contribution in [0, 0.1) is 0 Å². The van der Waals surface area contributed by atoms with Crippen LogP contribution in [0.3, 0.4) is 0 Å². The third-order valence-corrected chi connectivity index (χ3v) is 3.54. The zero-order valence-electron chi connectivity index (χ0n) is 8.98. The fourth-order valence-electron chi connectivity index (χ4n) is 1.72. The second kappa shape index (κ2) is 4.58. The molecule has 3 heteroatoms. The summed E-state index contributed by atoms with van der Waals surface area (Å²) in [6.45, 7) is 1.82. The lowest BCUT2D eigenvalue weighted by atomic mass is 9.90. The molecule has 0 saturated carbocycles. The van der Waals surface area contributed by atoms with Gasteiger partial charge in [-0.15, -0.1) is 0 Å². The van der Waals surface area contributed by atoms with E-state index in [1.54, 1.807) is 11.3 Å². The highest BCUT2D eigenvalue weighted by atomic mass is 35.5. The van der Waals surface area contributed by atoms with Crippen molar-refractivity contribution in [1.82, 2.24) is 0 Å². The first-order chi connectivity index (χ1) is 7.58. The molecule has 0 aliphatic rings. The van der Waals surface area contributed by atoms with E-state index in [1.807, 2.05) is 42.6 Å². The van der Waals surface area contributed by atoms with Crippen molar-refractivity contribution >= 4 is 22.9 Å². The molecule has 1 aromatic heterocycles. The van der Waals surface area contributed by atoms with E-state index in [0.717, 1.165) is 11.1 Å². The van der Waals surface area contributed by atoms with Gasteiger partial charge in [0.15, 0.2) is 0 Å². The predicted molar refractivity (Wildman–Crippen MR) is 69.0 cm³/mol. The van der Waals surface area contributed by atoms with Crippen molar-refractivity contribution in [1.29, 1.82) is 0 Å². The molecule has 1 N–H and O–H groups in total. The van der Waals surface area contributed by atoms with Gasteiger partial charge in [0, 0.05) is 11.4 Å². The van der Waals surface area contributed by atoms with E-state index in [2.05, 4.69) is 5.38 Å². The van der Waals surface area contributed by atoms with Gasteiger partial charge in [0.25, 0.3) is 0 Å². The lowest BCUT2D eigenvalue weighted by Crippen LogP contribution is -2.23. The van der Waals surface area contributed by atoms with Crippen LogP contribution in [0.4, 0.5) is 0 Å². The van der Waals surface area contributed by atoms with Crippen molar-refractivity contribution in [2.45, 2.75) is 18.9 Å². The second-order valence-corrected chi connectivity index (χ2v) is 5.31. The number of rotatable bonds is 3. The first-order valence-corrected chi connectivity index (χ1v) is 6.39. The highest BCUT2D eigenvalue weighted by molar-refractivity contribution is 7.07. The summed E-state index contributed by atoms with van der Waals surface area (Å²) >= 11 is 7.57. The van der Waals surface area contributed by atoms with E-state index in [0.29, 0.717) is 11.4 Å². The molecule has 84 valence electrons. The molecular weight excluding hydrogens is 240 g/mol. The molecule has 0 fully saturated rings. The quantitative estimate of drug-likeness (QED) is 0.880. The van der Waals surface area contributed by atoms with Crippen molar-refractivity contribution in [3.8, 4) is 0 Å². The molecule has 0 aliphatic heterocycles. The molecule has 1 heterocycles. The van der Waals surface area contributed by atoms with E-state index in [4.69, 9.17) is 11.6 Å². The van der Waals surface area contributed by atoms with Gasteiger partial charge < -0.3 is 5.11 Å². The van der Waals surface area contributed by atoms with Crippen molar-refractivity contribution in [2.75, 3.05) is 0 Å². The van der Waals surface area contributed by atoms with Crippen LogP contribution in [0.15, 0.2) is 41.1 Å². The average molecular weight is 253 g/mol. The summed E-state index contributed by atoms with van der Waals surface area (Å²) in [5, 5.41) is 15.2. The van der Waals surface area contributed by atoms with Gasteiger partial charge in [-0.25, -0.2) is 0 Å². The van der Waals surface area contributed by atoms with E-state index in [1.165, 1.54) is 0 Å². The number of halogens is 1. The Bertz CT molecular complexity index is 463. The number of thiophene rings is 1. The van der Waals surface area contributed by atoms with Crippen LogP contribution in [-0.4, -0.2) is 5.11 Å². The summed E-state index contributed by atoms with van der Waals surface area (Å²) in [7, 11) is 0. The monoisotopic (exact) mass is 252 g/mol. The molecule has 1 aromatic carbocycles. The average Bonchev–Trinajstić information content (AvgIpc) is 2.70. The molecule has 0 radical (unpaired) electrons. The van der Waals surface area contributed by atoms with Gasteiger partial charge in [0.05, 0.1) is 5.60 Å². The van der Waals surface area contributed by atoms with Gasteiger partial charge >= 0.3 is 0 Å². The zero-order chi connectivity index (χ0) is 11.6. The molecule has 0 saturated heterocycles. The lowest BCUT2D eigenvalue weighted by molar-refractivity contribution is 0.0577. The van der Waals surface area contributed by atoms with Crippen LogP contribution in [0.1, 0.15) is 18.1 Å². The number of hydrogen-bond acceptors (Lipinski definition) is 2. The van der Waals surface area contributed by atoms with Crippen LogP contribution in [-0.2, 0) is 12.0 Å². The minimum atomic E-state index is -0.869. The van der Waals surface area contributed by atoms with Gasteiger partial charge in [-0.3, -0.25) is 0 Å². The summed E-state index contributed by atoms with van der Waals surface area (Å²) in [5.41, 5.74) is 1.13. The first-order valence-electron chi connectivity index (χ1n) is 5.07. The normalized spacial score (nSPS) is 14.7. The van der Waals surface area contributed by atoms with Gasteiger partial charge in [-0.1, -0.05) is 23.7 Å². The molecule has 2 rings (SSSR count). The molecule has 0 amide bonds. The Morgan fingerprint density at radius 3 is 2.81 bits per heavy atom. The Morgan fingerprint density at radius 1 is 1.38 bits per heavy atom. The van der Waals surface area contributed by atoms with Gasteiger partial charge in [-0.05, 0) is 47.0 Å². The molecule has 0 spiro atoms. The van der Waals surface area contributed by atoms with Crippen LogP contribution in [0.25, 0.3) is 0 Å². The molecule has 0 bridgehead atoms. The van der Waals surface area contributed by atoms with Crippen LogP contribution in [0.2, 0.25) is 5.02 Å². The Morgan fingerprint density at radius 2 is 2.19 bits per heavy atom. The van der Waals surface area contributed by atoms with E-state index < -0.39 is 5.60 Å². The number of hydrogen-bond donors (Lipinski definition) is 1. The summed E-state index contributed by atoms with van der Waals surface area (Å²) in [5.74, 6) is 0. The van der Waals surface area contributed by atoms with Crippen molar-refractivity contribution in [3.63, 3.8) is 0 Å². The van der Waals surface area contributed by atoms with E-state index >= 15 is 0 Å². The maximum Gasteiger partial charge on any atom is 0.0909 e. The Kier molecular flexibility index (Phi) is 3.33. The second-order valence-electron chi connectivity index (χ2n) is 4.09. The smallest absolute Gasteiger partial charge is 0.0909 e. The topological polar surface area (TPSA) is 20.2 Å². The van der Waals surface area contributed by atoms with Gasteiger partial charge in [0.1, 0.15) is 0 Å². The lowest BCUT2D eigenvalue weighted by Gasteiger charge is -2.23. The van der Waals surface area contributed by atoms with Gasteiger partial charge in [0.2, 0.25) is 0 Å². The van der Waals surface area contributed by atoms with Crippen molar-refractivity contribution in [3.05, 3.63) is 57.2 Å². The third kappa shape index (κ3) is 2.64. The Labute approximate surface area is 104 Å². The maximum atomic E-state index is 10.4. The van der Waals surface area contributed by atoms with Crippen LogP contribution < -0.4 is 0 Å². The summed E-state index contributed by atoms with van der Waals surface area (Å²) in [4.78, 5) is 0. The SMILES string of the molecule is CC(O)(Cc1ccsc1)c1cccc(Cl)c1. The highest BCUT2D eigenvalue weighted by Crippen LogP contribution is 2.27. The molecule has 1 atom stereocenters. The minimum absolute atomic E-state index is 0.608. The number of benzene rings is 1. The van der Waals surface area contributed by atoms with Crippen molar-refractivity contribution < 1.29 is 5.11 Å². The summed E-state index contributed by atoms with van der Waals surface area (Å²) < 4.78 is 0. The fourth-order valence-corrected chi connectivity index (χ4v) is 2.58. The van der Waals surface area contributed by atoms with E-state index in [9.17, 15) is 5.11 Å². The van der Waals surface area contributed by atoms with Crippen LogP contribution >= 0.6 is 22.9 Å². The highest BCUT2D eigenvalue weighted by Gasteiger charge is 2.23. The largest absolute Gasteiger partial charge is 0.385 e. The third-order valence-electron chi connectivity index (χ3n) is 2.57. The molecule has 1 unspecified atom stereocenters. The van der Waals surface area contributed by atoms with Crippen molar-refractivity contribution in [2.24, 2.45) is 0 Å². The van der Waals surface area contributed by atoms with Crippen LogP contribution in [0.5, 0.6) is 0 Å². The summed E-state index contributed by atoms with van der Waals surface area (Å²) in [6.07, 6.45) is 0.608. The number of aliphatic hydroxyl groups is 1. The molecule has 2 aromatic rings. The molecule has 0 aliphatic carbocycles. The summed E-state index contributed by atoms with van der Waals surface area (Å²) in [6, 6.07) is 9.42. The maximum absolute atomic E-state index is 10.4. The zero-order valence-corrected chi connectivity index (χ0v) is 10.6. The first kappa shape index (κ1) is 11.6. The fraction of sp³-hybridized carbons (Fsp3) is 0.231. The Hall–Kier alpha value is -0.830. The standard InChI is InChI=1S/C13H13ClOS/c1-13(15,8-10-5-6-16-9-10)11-3-2-4-12(14)7-11/h2-7,9,15H,8H2,1H3.